The van der Waals surface area contributed by atoms with E-state index in [2.05, 4.69) is 85.0 Å². The van der Waals surface area contributed by atoms with Crippen molar-refractivity contribution in [2.75, 3.05) is 0 Å². The molecule has 0 saturated carbocycles. The Morgan fingerprint density at radius 2 is 1.65 bits per heavy atom. The number of hydrogen-bond donors (Lipinski definition) is 0. The molecule has 164 valence electrons. The van der Waals surface area contributed by atoms with Crippen molar-refractivity contribution in [3.63, 3.8) is 0 Å². The van der Waals surface area contributed by atoms with E-state index in [4.69, 9.17) is 0 Å². The molecule has 0 fully saturated rings. The van der Waals surface area contributed by atoms with Gasteiger partial charge < -0.3 is 9.47 Å². The molecule has 0 aliphatic heterocycles. The number of nitrogens with zero attached hydrogens (tertiary/aromatic N) is 2. The summed E-state index contributed by atoms with van der Waals surface area (Å²) in [7, 11) is 0. The molecular weight excluding hydrogens is 380 g/mol. The molecule has 0 unspecified atom stereocenters. The predicted octanol–water partition coefficient (Wildman–Crippen LogP) is 6.59. The Labute approximate surface area is 187 Å². The number of rotatable bonds is 11. The summed E-state index contributed by atoms with van der Waals surface area (Å²) in [6, 6.07) is 23.3. The molecule has 0 aliphatic rings. The van der Waals surface area contributed by atoms with Gasteiger partial charge in [-0.2, -0.15) is 0 Å². The molecule has 1 amide bonds. The van der Waals surface area contributed by atoms with Crippen molar-refractivity contribution in [2.24, 2.45) is 5.92 Å². The number of benzene rings is 2. The molecule has 3 nitrogen and oxygen atoms in total. The van der Waals surface area contributed by atoms with Gasteiger partial charge in [-0.05, 0) is 43.0 Å². The van der Waals surface area contributed by atoms with E-state index in [1.54, 1.807) is 0 Å². The van der Waals surface area contributed by atoms with Gasteiger partial charge in [0.05, 0.1) is 6.54 Å². The highest BCUT2D eigenvalue weighted by molar-refractivity contribution is 5.78. The summed E-state index contributed by atoms with van der Waals surface area (Å²) in [6.45, 7) is 8.55. The Hall–Kier alpha value is -2.81. The van der Waals surface area contributed by atoms with E-state index in [-0.39, 0.29) is 11.8 Å². The summed E-state index contributed by atoms with van der Waals surface area (Å²) in [5.41, 5.74) is 4.90. The molecule has 31 heavy (non-hydrogen) atoms. The van der Waals surface area contributed by atoms with Crippen molar-refractivity contribution in [3.05, 3.63) is 95.3 Å². The number of aromatic nitrogens is 1. The number of unbranched alkanes of at least 4 members (excludes halogenated alkanes) is 1. The maximum Gasteiger partial charge on any atom is 0.226 e. The Balaban J connectivity index is 1.80. The zero-order valence-electron chi connectivity index (χ0n) is 19.3. The average molecular weight is 417 g/mol. The molecule has 3 rings (SSSR count). The quantitative estimate of drug-likeness (QED) is 0.346. The van der Waals surface area contributed by atoms with Crippen LogP contribution in [0.15, 0.2) is 72.9 Å². The van der Waals surface area contributed by atoms with Crippen LogP contribution in [0.3, 0.4) is 0 Å². The van der Waals surface area contributed by atoms with Gasteiger partial charge in [-0.15, -0.1) is 0 Å². The summed E-state index contributed by atoms with van der Waals surface area (Å²) < 4.78 is 2.27. The SMILES string of the molecule is CCCC[C@@H](CC)C(=O)N(Cc1ccccc1)Cc1cccn1Cc1ccc(C)cc1. The standard InChI is InChI=1S/C28H36N2O/c1-4-6-13-26(5-2)28(31)30(21-24-11-8-7-9-12-24)22-27-14-10-19-29(27)20-25-17-15-23(3)16-18-25/h7-12,14-19,26H,4-6,13,20-22H2,1-3H3/t26-/m1/s1. The van der Waals surface area contributed by atoms with Gasteiger partial charge in [0, 0.05) is 30.9 Å². The molecule has 0 bridgehead atoms. The first kappa shape index (κ1) is 22.9. The monoisotopic (exact) mass is 416 g/mol. The number of amides is 1. The van der Waals surface area contributed by atoms with Crippen molar-refractivity contribution in [3.8, 4) is 0 Å². The highest BCUT2D eigenvalue weighted by Crippen LogP contribution is 2.21. The fourth-order valence-electron chi connectivity index (χ4n) is 4.06. The number of hydrogen-bond acceptors (Lipinski definition) is 1. The first-order chi connectivity index (χ1) is 15.1. The van der Waals surface area contributed by atoms with Crippen LogP contribution in [0.5, 0.6) is 0 Å². The van der Waals surface area contributed by atoms with Crippen LogP contribution in [-0.4, -0.2) is 15.4 Å². The summed E-state index contributed by atoms with van der Waals surface area (Å²) in [5, 5.41) is 0. The second-order valence-electron chi connectivity index (χ2n) is 8.54. The van der Waals surface area contributed by atoms with Crippen LogP contribution in [0.25, 0.3) is 0 Å². The van der Waals surface area contributed by atoms with E-state index in [9.17, 15) is 4.79 Å². The van der Waals surface area contributed by atoms with Crippen molar-refractivity contribution in [1.29, 1.82) is 0 Å². The molecule has 3 aromatic rings. The third-order valence-electron chi connectivity index (χ3n) is 6.03. The molecule has 0 radical (unpaired) electrons. The highest BCUT2D eigenvalue weighted by atomic mass is 16.2. The normalized spacial score (nSPS) is 12.0. The number of aryl methyl sites for hydroxylation is 1. The molecule has 2 aromatic carbocycles. The van der Waals surface area contributed by atoms with Crippen molar-refractivity contribution >= 4 is 5.91 Å². The molecule has 1 atom stereocenters. The third-order valence-corrected chi connectivity index (χ3v) is 6.03. The van der Waals surface area contributed by atoms with Crippen LogP contribution >= 0.6 is 0 Å². The van der Waals surface area contributed by atoms with Gasteiger partial charge in [-0.25, -0.2) is 0 Å². The molecule has 3 heteroatoms. The summed E-state index contributed by atoms with van der Waals surface area (Å²) in [4.78, 5) is 15.6. The smallest absolute Gasteiger partial charge is 0.226 e. The van der Waals surface area contributed by atoms with Crippen molar-refractivity contribution < 1.29 is 4.79 Å². The fraction of sp³-hybridized carbons (Fsp3) is 0.393. The zero-order valence-corrected chi connectivity index (χ0v) is 19.3. The Morgan fingerprint density at radius 3 is 2.32 bits per heavy atom. The molecule has 0 spiro atoms. The minimum absolute atomic E-state index is 0.101. The maximum absolute atomic E-state index is 13.5. The van der Waals surface area contributed by atoms with E-state index in [1.165, 1.54) is 22.4 Å². The Kier molecular flexibility index (Phi) is 8.52. The van der Waals surface area contributed by atoms with Crippen LogP contribution in [-0.2, 0) is 24.4 Å². The summed E-state index contributed by atoms with van der Waals surface area (Å²) in [5.74, 6) is 0.382. The summed E-state index contributed by atoms with van der Waals surface area (Å²) in [6.07, 6.45) is 6.22. The first-order valence-electron chi connectivity index (χ1n) is 11.6. The van der Waals surface area contributed by atoms with Crippen molar-refractivity contribution in [2.45, 2.75) is 66.1 Å². The lowest BCUT2D eigenvalue weighted by atomic mass is 9.97. The van der Waals surface area contributed by atoms with Crippen LogP contribution < -0.4 is 0 Å². The van der Waals surface area contributed by atoms with E-state index < -0.39 is 0 Å². The zero-order chi connectivity index (χ0) is 22.1. The largest absolute Gasteiger partial charge is 0.345 e. The van der Waals surface area contributed by atoms with Gasteiger partial charge in [-0.3, -0.25) is 4.79 Å². The van der Waals surface area contributed by atoms with Crippen LogP contribution in [0.2, 0.25) is 0 Å². The molecule has 1 heterocycles. The second kappa shape index (κ2) is 11.5. The maximum atomic E-state index is 13.5. The molecular formula is C28H36N2O. The van der Waals surface area contributed by atoms with E-state index in [0.717, 1.165) is 32.2 Å². The molecule has 1 aromatic heterocycles. The van der Waals surface area contributed by atoms with E-state index in [1.807, 2.05) is 18.2 Å². The highest BCUT2D eigenvalue weighted by Gasteiger charge is 2.23. The first-order valence-corrected chi connectivity index (χ1v) is 11.6. The van der Waals surface area contributed by atoms with Gasteiger partial charge in [0.2, 0.25) is 5.91 Å². The van der Waals surface area contributed by atoms with Gasteiger partial charge in [0.1, 0.15) is 0 Å². The summed E-state index contributed by atoms with van der Waals surface area (Å²) >= 11 is 0. The van der Waals surface area contributed by atoms with Gasteiger partial charge in [0.25, 0.3) is 0 Å². The lowest BCUT2D eigenvalue weighted by Gasteiger charge is -2.28. The molecule has 0 saturated heterocycles. The topological polar surface area (TPSA) is 25.2 Å². The third kappa shape index (κ3) is 6.58. The van der Waals surface area contributed by atoms with E-state index >= 15 is 0 Å². The van der Waals surface area contributed by atoms with Gasteiger partial charge in [0.15, 0.2) is 0 Å². The Morgan fingerprint density at radius 1 is 0.903 bits per heavy atom. The fourth-order valence-corrected chi connectivity index (χ4v) is 4.06. The molecule has 0 N–H and O–H groups in total. The molecule has 0 aliphatic carbocycles. The predicted molar refractivity (Wildman–Crippen MR) is 129 cm³/mol. The second-order valence-corrected chi connectivity index (χ2v) is 8.54. The lowest BCUT2D eigenvalue weighted by molar-refractivity contribution is -0.137. The van der Waals surface area contributed by atoms with Gasteiger partial charge in [-0.1, -0.05) is 86.8 Å². The van der Waals surface area contributed by atoms with Crippen LogP contribution in [0, 0.1) is 12.8 Å². The van der Waals surface area contributed by atoms with E-state index in [0.29, 0.717) is 13.1 Å². The minimum Gasteiger partial charge on any atom is -0.345 e. The average Bonchev–Trinajstić information content (AvgIpc) is 3.22. The Bertz CT molecular complexity index is 927. The number of carbonyl (C=O) groups excluding carboxylic acids is 1. The minimum atomic E-state index is 0.101. The van der Waals surface area contributed by atoms with Crippen molar-refractivity contribution in [1.82, 2.24) is 9.47 Å². The van der Waals surface area contributed by atoms with Gasteiger partial charge >= 0.3 is 0 Å². The number of carbonyl (C=O) groups is 1. The van der Waals surface area contributed by atoms with Crippen LogP contribution in [0.1, 0.15) is 61.9 Å². The van der Waals surface area contributed by atoms with Crippen LogP contribution in [0.4, 0.5) is 0 Å². The lowest BCUT2D eigenvalue weighted by Crippen LogP contribution is -2.35.